The van der Waals surface area contributed by atoms with Gasteiger partial charge in [0.2, 0.25) is 0 Å². The molecule has 0 spiro atoms. The van der Waals surface area contributed by atoms with E-state index in [1.807, 2.05) is 6.20 Å². The molecule has 0 bridgehead atoms. The fraction of sp³-hybridized carbons (Fsp3) is 0.417. The van der Waals surface area contributed by atoms with Gasteiger partial charge in [-0.1, -0.05) is 0 Å². The van der Waals surface area contributed by atoms with Crippen molar-refractivity contribution in [1.82, 2.24) is 15.1 Å². The summed E-state index contributed by atoms with van der Waals surface area (Å²) in [5.41, 5.74) is 2.50. The number of hydrogen-bond acceptors (Lipinski definition) is 3. The normalized spacial score (nSPS) is 20.4. The third-order valence-electron chi connectivity index (χ3n) is 3.06. The van der Waals surface area contributed by atoms with Crippen LogP contribution in [0.4, 0.5) is 0 Å². The molecule has 0 aliphatic carbocycles. The average molecular weight is 233 g/mol. The lowest BCUT2D eigenvalue weighted by Crippen LogP contribution is -2.26. The molecule has 0 radical (unpaired) electrons. The van der Waals surface area contributed by atoms with Gasteiger partial charge in [-0.2, -0.15) is 16.4 Å². The van der Waals surface area contributed by atoms with E-state index in [9.17, 15) is 0 Å². The van der Waals surface area contributed by atoms with Crippen molar-refractivity contribution in [3.63, 3.8) is 0 Å². The highest BCUT2D eigenvalue weighted by molar-refractivity contribution is 7.08. The molecule has 84 valence electrons. The Morgan fingerprint density at radius 3 is 3.25 bits per heavy atom. The quantitative estimate of drug-likeness (QED) is 0.882. The van der Waals surface area contributed by atoms with Crippen molar-refractivity contribution in [2.75, 3.05) is 6.54 Å². The minimum absolute atomic E-state index is 0.607. The van der Waals surface area contributed by atoms with Crippen LogP contribution in [0.15, 0.2) is 29.2 Å². The lowest BCUT2D eigenvalue weighted by molar-refractivity contribution is 0.476. The van der Waals surface area contributed by atoms with Crippen molar-refractivity contribution in [1.29, 1.82) is 0 Å². The summed E-state index contributed by atoms with van der Waals surface area (Å²) >= 11 is 1.73. The number of aromatic nitrogens is 2. The molecule has 0 unspecified atom stereocenters. The van der Waals surface area contributed by atoms with Crippen molar-refractivity contribution in [2.24, 2.45) is 0 Å². The molecule has 3 heterocycles. The minimum atomic E-state index is 0.607. The summed E-state index contributed by atoms with van der Waals surface area (Å²) in [5, 5.41) is 12.2. The van der Waals surface area contributed by atoms with Crippen molar-refractivity contribution >= 4 is 11.3 Å². The predicted molar refractivity (Wildman–Crippen MR) is 66.6 cm³/mol. The Bertz CT molecular complexity index is 441. The average Bonchev–Trinajstić information content (AvgIpc) is 2.99. The van der Waals surface area contributed by atoms with Crippen LogP contribution in [0.3, 0.4) is 0 Å². The van der Waals surface area contributed by atoms with Crippen molar-refractivity contribution < 1.29 is 0 Å². The van der Waals surface area contributed by atoms with Crippen molar-refractivity contribution in [2.45, 2.75) is 25.4 Å². The maximum atomic E-state index is 4.42. The van der Waals surface area contributed by atoms with Gasteiger partial charge in [0.1, 0.15) is 0 Å². The summed E-state index contributed by atoms with van der Waals surface area (Å²) in [4.78, 5) is 0. The van der Waals surface area contributed by atoms with E-state index in [2.05, 4.69) is 38.1 Å². The summed E-state index contributed by atoms with van der Waals surface area (Å²) in [5.74, 6) is 0. The van der Waals surface area contributed by atoms with E-state index in [-0.39, 0.29) is 0 Å². The maximum Gasteiger partial charge on any atom is 0.0568 e. The summed E-state index contributed by atoms with van der Waals surface area (Å²) < 4.78 is 2.05. The van der Waals surface area contributed by atoms with E-state index >= 15 is 0 Å². The maximum absolute atomic E-state index is 4.42. The Morgan fingerprint density at radius 1 is 1.50 bits per heavy atom. The zero-order valence-corrected chi connectivity index (χ0v) is 9.91. The molecule has 1 aliphatic rings. The van der Waals surface area contributed by atoms with Gasteiger partial charge in [-0.05, 0) is 41.8 Å². The molecule has 0 aromatic carbocycles. The molecule has 2 aromatic heterocycles. The van der Waals surface area contributed by atoms with Crippen LogP contribution < -0.4 is 5.32 Å². The van der Waals surface area contributed by atoms with Gasteiger partial charge >= 0.3 is 0 Å². The Balaban J connectivity index is 1.72. The molecular weight excluding hydrogens is 218 g/mol. The molecule has 0 saturated carbocycles. The summed E-state index contributed by atoms with van der Waals surface area (Å²) in [6.07, 6.45) is 6.66. The molecule has 1 atom stereocenters. The summed E-state index contributed by atoms with van der Waals surface area (Å²) in [6.45, 7) is 2.15. The smallest absolute Gasteiger partial charge is 0.0568 e. The molecule has 16 heavy (non-hydrogen) atoms. The van der Waals surface area contributed by atoms with Crippen LogP contribution in [0.25, 0.3) is 11.1 Å². The van der Waals surface area contributed by atoms with E-state index < -0.39 is 0 Å². The Hall–Kier alpha value is -1.13. The fourth-order valence-corrected chi connectivity index (χ4v) is 2.84. The largest absolute Gasteiger partial charge is 0.312 e. The van der Waals surface area contributed by atoms with Crippen molar-refractivity contribution in [3.05, 3.63) is 29.2 Å². The first-order valence-electron chi connectivity index (χ1n) is 5.70. The van der Waals surface area contributed by atoms with Gasteiger partial charge in [-0.3, -0.25) is 4.68 Å². The molecule has 0 amide bonds. The third-order valence-corrected chi connectivity index (χ3v) is 3.74. The molecular formula is C12H15N3S. The van der Waals surface area contributed by atoms with Crippen LogP contribution in [0.1, 0.15) is 12.8 Å². The van der Waals surface area contributed by atoms with Gasteiger partial charge in [-0.25, -0.2) is 0 Å². The van der Waals surface area contributed by atoms with Crippen LogP contribution in [0.2, 0.25) is 0 Å². The van der Waals surface area contributed by atoms with Gasteiger partial charge in [0.05, 0.1) is 12.7 Å². The lowest BCUT2D eigenvalue weighted by Gasteiger charge is -2.09. The van der Waals surface area contributed by atoms with E-state index in [1.165, 1.54) is 24.0 Å². The first kappa shape index (κ1) is 10.1. The lowest BCUT2D eigenvalue weighted by atomic mass is 10.2. The highest BCUT2D eigenvalue weighted by Crippen LogP contribution is 2.21. The Morgan fingerprint density at radius 2 is 2.50 bits per heavy atom. The van der Waals surface area contributed by atoms with Gasteiger partial charge in [0.25, 0.3) is 0 Å². The molecule has 1 N–H and O–H groups in total. The molecule has 4 heteroatoms. The Labute approximate surface area is 99.1 Å². The SMILES string of the molecule is c1cc(-c2cnn(C[C@@H]3CCCN3)c2)cs1. The minimum Gasteiger partial charge on any atom is -0.312 e. The van der Waals surface area contributed by atoms with E-state index in [0.717, 1.165) is 13.1 Å². The first-order chi connectivity index (χ1) is 7.92. The van der Waals surface area contributed by atoms with Gasteiger partial charge in [-0.15, -0.1) is 0 Å². The zero-order valence-electron chi connectivity index (χ0n) is 9.10. The van der Waals surface area contributed by atoms with Gasteiger partial charge < -0.3 is 5.32 Å². The van der Waals surface area contributed by atoms with Crippen LogP contribution in [0.5, 0.6) is 0 Å². The third kappa shape index (κ3) is 2.03. The number of nitrogens with zero attached hydrogens (tertiary/aromatic N) is 2. The summed E-state index contributed by atoms with van der Waals surface area (Å²) in [6, 6.07) is 2.75. The molecule has 2 aromatic rings. The van der Waals surface area contributed by atoms with E-state index in [4.69, 9.17) is 0 Å². The van der Waals surface area contributed by atoms with Crippen LogP contribution in [-0.4, -0.2) is 22.4 Å². The van der Waals surface area contributed by atoms with Crippen molar-refractivity contribution in [3.8, 4) is 11.1 Å². The monoisotopic (exact) mass is 233 g/mol. The highest BCUT2D eigenvalue weighted by atomic mass is 32.1. The second-order valence-corrected chi connectivity index (χ2v) is 5.04. The molecule has 3 rings (SSSR count). The Kier molecular flexibility index (Phi) is 2.76. The number of thiophene rings is 1. The van der Waals surface area contributed by atoms with Crippen LogP contribution >= 0.6 is 11.3 Å². The van der Waals surface area contributed by atoms with E-state index in [1.54, 1.807) is 11.3 Å². The number of nitrogens with one attached hydrogen (secondary N) is 1. The second kappa shape index (κ2) is 4.39. The molecule has 3 nitrogen and oxygen atoms in total. The second-order valence-electron chi connectivity index (χ2n) is 4.26. The fourth-order valence-electron chi connectivity index (χ4n) is 2.18. The standard InChI is InChI=1S/C12H15N3S/c1-2-12(13-4-1)8-15-7-11(6-14-15)10-3-5-16-9-10/h3,5-7,9,12-13H,1-2,4,8H2/t12-/m0/s1. The van der Waals surface area contributed by atoms with Crippen LogP contribution in [0, 0.1) is 0 Å². The van der Waals surface area contributed by atoms with Crippen LogP contribution in [-0.2, 0) is 6.54 Å². The van der Waals surface area contributed by atoms with Gasteiger partial charge in [0, 0.05) is 17.8 Å². The number of rotatable bonds is 3. The molecule has 1 aliphatic heterocycles. The van der Waals surface area contributed by atoms with Gasteiger partial charge in [0.15, 0.2) is 0 Å². The molecule has 1 saturated heterocycles. The molecule has 1 fully saturated rings. The first-order valence-corrected chi connectivity index (χ1v) is 6.64. The zero-order chi connectivity index (χ0) is 10.8. The topological polar surface area (TPSA) is 29.9 Å². The summed E-state index contributed by atoms with van der Waals surface area (Å²) in [7, 11) is 0. The number of hydrogen-bond donors (Lipinski definition) is 1. The predicted octanol–water partition coefficient (Wildman–Crippen LogP) is 2.36. The van der Waals surface area contributed by atoms with E-state index in [0.29, 0.717) is 6.04 Å². The highest BCUT2D eigenvalue weighted by Gasteiger charge is 2.14.